The Morgan fingerprint density at radius 2 is 1.48 bits per heavy atom. The van der Waals surface area contributed by atoms with E-state index >= 15 is 0 Å². The second-order valence-electron chi connectivity index (χ2n) is 7.60. The number of hydrogen-bond donors (Lipinski definition) is 1. The molecule has 2 aromatic carbocycles. The predicted molar refractivity (Wildman–Crippen MR) is 115 cm³/mol. The minimum absolute atomic E-state index is 0.0158. The molecule has 0 saturated heterocycles. The van der Waals surface area contributed by atoms with Crippen LogP contribution in [-0.4, -0.2) is 10.9 Å². The molecule has 2 nitrogen and oxygen atoms in total. The van der Waals surface area contributed by atoms with Crippen LogP contribution >= 0.6 is 0 Å². The van der Waals surface area contributed by atoms with Gasteiger partial charge < -0.3 is 5.11 Å². The Balaban J connectivity index is 2.14. The van der Waals surface area contributed by atoms with Crippen molar-refractivity contribution < 1.29 is 9.90 Å². The zero-order valence-electron chi connectivity index (χ0n) is 17.4. The van der Waals surface area contributed by atoms with Gasteiger partial charge in [-0.2, -0.15) is 0 Å². The molecule has 2 aromatic rings. The molecule has 0 bridgehead atoms. The summed E-state index contributed by atoms with van der Waals surface area (Å²) in [5, 5.41) is 9.87. The van der Waals surface area contributed by atoms with Gasteiger partial charge in [0.2, 0.25) is 0 Å². The number of carbonyl (C=O) groups is 1. The van der Waals surface area contributed by atoms with E-state index in [9.17, 15) is 9.90 Å². The molecular formula is C25H32O2. The van der Waals surface area contributed by atoms with Gasteiger partial charge >= 0.3 is 0 Å². The fourth-order valence-electron chi connectivity index (χ4n) is 3.61. The van der Waals surface area contributed by atoms with Gasteiger partial charge in [0.15, 0.2) is 5.78 Å². The standard InChI is InChI=1S/C25H32O2/c1-6-7-8-9-10-23-17(2)15-22(16-18(23)3)24(26)12-11-21-13-19(4)25(27)20(5)14-21/h11-16,27H,6-10H2,1-5H3. The van der Waals surface area contributed by atoms with Crippen molar-refractivity contribution in [3.05, 3.63) is 69.3 Å². The van der Waals surface area contributed by atoms with Crippen LogP contribution in [0.5, 0.6) is 5.75 Å². The number of unbranched alkanes of at least 4 members (excludes halogenated alkanes) is 3. The maximum atomic E-state index is 12.6. The molecule has 0 aliphatic carbocycles. The highest BCUT2D eigenvalue weighted by atomic mass is 16.3. The maximum absolute atomic E-state index is 12.6. The van der Waals surface area contributed by atoms with E-state index in [1.165, 1.54) is 42.4 Å². The van der Waals surface area contributed by atoms with Crippen LogP contribution < -0.4 is 0 Å². The fourth-order valence-corrected chi connectivity index (χ4v) is 3.61. The van der Waals surface area contributed by atoms with Gasteiger partial charge in [-0.15, -0.1) is 0 Å². The van der Waals surface area contributed by atoms with E-state index in [-0.39, 0.29) is 5.78 Å². The summed E-state index contributed by atoms with van der Waals surface area (Å²) in [6.45, 7) is 10.2. The molecule has 0 saturated carbocycles. The van der Waals surface area contributed by atoms with Crippen molar-refractivity contribution in [2.45, 2.75) is 66.7 Å². The van der Waals surface area contributed by atoms with E-state index in [4.69, 9.17) is 0 Å². The maximum Gasteiger partial charge on any atom is 0.185 e. The number of ketones is 1. The second kappa shape index (κ2) is 9.55. The van der Waals surface area contributed by atoms with Crippen molar-refractivity contribution in [2.75, 3.05) is 0 Å². The van der Waals surface area contributed by atoms with Gasteiger partial charge in [0, 0.05) is 5.56 Å². The van der Waals surface area contributed by atoms with Gasteiger partial charge in [0.25, 0.3) is 0 Å². The van der Waals surface area contributed by atoms with Gasteiger partial charge in [-0.3, -0.25) is 4.79 Å². The normalized spacial score (nSPS) is 11.3. The molecule has 2 rings (SSSR count). The molecule has 0 radical (unpaired) electrons. The molecule has 0 unspecified atom stereocenters. The number of carbonyl (C=O) groups excluding carboxylic acids is 1. The minimum Gasteiger partial charge on any atom is -0.507 e. The third-order valence-electron chi connectivity index (χ3n) is 5.20. The van der Waals surface area contributed by atoms with Crippen molar-refractivity contribution in [3.8, 4) is 5.75 Å². The average molecular weight is 365 g/mol. The summed E-state index contributed by atoms with van der Waals surface area (Å²) in [5.41, 5.74) is 7.11. The number of rotatable bonds is 8. The van der Waals surface area contributed by atoms with Gasteiger partial charge in [-0.25, -0.2) is 0 Å². The molecule has 27 heavy (non-hydrogen) atoms. The SMILES string of the molecule is CCCCCCc1c(C)cc(C(=O)C=Cc2cc(C)c(O)c(C)c2)cc1C. The molecule has 0 aliphatic heterocycles. The Morgan fingerprint density at radius 1 is 0.889 bits per heavy atom. The summed E-state index contributed by atoms with van der Waals surface area (Å²) >= 11 is 0. The van der Waals surface area contributed by atoms with E-state index in [1.54, 1.807) is 6.08 Å². The van der Waals surface area contributed by atoms with Gasteiger partial charge in [-0.05, 0) is 104 Å². The average Bonchev–Trinajstić information content (AvgIpc) is 2.62. The fraction of sp³-hybridized carbons (Fsp3) is 0.400. The van der Waals surface area contributed by atoms with Crippen LogP contribution in [0.4, 0.5) is 0 Å². The second-order valence-corrected chi connectivity index (χ2v) is 7.60. The smallest absolute Gasteiger partial charge is 0.185 e. The molecule has 0 aromatic heterocycles. The summed E-state index contributed by atoms with van der Waals surface area (Å²) in [4.78, 5) is 12.6. The van der Waals surface area contributed by atoms with E-state index < -0.39 is 0 Å². The van der Waals surface area contributed by atoms with Crippen molar-refractivity contribution in [1.82, 2.24) is 0 Å². The molecular weight excluding hydrogens is 332 g/mol. The molecule has 0 atom stereocenters. The predicted octanol–water partition coefficient (Wildman–Crippen LogP) is 6.64. The highest BCUT2D eigenvalue weighted by Gasteiger charge is 2.09. The Kier molecular flexibility index (Phi) is 7.41. The number of aryl methyl sites for hydroxylation is 4. The lowest BCUT2D eigenvalue weighted by atomic mass is 9.93. The topological polar surface area (TPSA) is 37.3 Å². The number of phenolic OH excluding ortho intramolecular Hbond substituents is 1. The van der Waals surface area contributed by atoms with Crippen molar-refractivity contribution in [2.24, 2.45) is 0 Å². The molecule has 0 spiro atoms. The van der Waals surface area contributed by atoms with Crippen molar-refractivity contribution in [1.29, 1.82) is 0 Å². The Bertz CT molecular complexity index is 797. The molecule has 0 heterocycles. The van der Waals surface area contributed by atoms with Crippen LogP contribution in [0.25, 0.3) is 6.08 Å². The summed E-state index contributed by atoms with van der Waals surface area (Å²) in [6.07, 6.45) is 9.56. The summed E-state index contributed by atoms with van der Waals surface area (Å²) in [7, 11) is 0. The van der Waals surface area contributed by atoms with Gasteiger partial charge in [-0.1, -0.05) is 32.3 Å². The van der Waals surface area contributed by atoms with E-state index in [1.807, 2.05) is 44.2 Å². The first-order chi connectivity index (χ1) is 12.8. The third-order valence-corrected chi connectivity index (χ3v) is 5.20. The summed E-state index contributed by atoms with van der Waals surface area (Å²) in [6, 6.07) is 7.81. The lowest BCUT2D eigenvalue weighted by Crippen LogP contribution is -2.01. The minimum atomic E-state index is 0.0158. The van der Waals surface area contributed by atoms with Crippen molar-refractivity contribution in [3.63, 3.8) is 0 Å². The summed E-state index contributed by atoms with van der Waals surface area (Å²) in [5.74, 6) is 0.335. The highest BCUT2D eigenvalue weighted by molar-refractivity contribution is 6.07. The number of benzene rings is 2. The van der Waals surface area contributed by atoms with Crippen LogP contribution in [0.1, 0.15) is 76.3 Å². The molecule has 0 aliphatic rings. The Hall–Kier alpha value is -2.35. The van der Waals surface area contributed by atoms with Crippen LogP contribution in [0.15, 0.2) is 30.3 Å². The number of hydrogen-bond acceptors (Lipinski definition) is 2. The largest absolute Gasteiger partial charge is 0.507 e. The highest BCUT2D eigenvalue weighted by Crippen LogP contribution is 2.24. The molecule has 144 valence electrons. The molecule has 0 fully saturated rings. The Morgan fingerprint density at radius 3 is 2.04 bits per heavy atom. The van der Waals surface area contributed by atoms with Gasteiger partial charge in [0.05, 0.1) is 0 Å². The zero-order valence-corrected chi connectivity index (χ0v) is 17.4. The van der Waals surface area contributed by atoms with E-state index in [0.29, 0.717) is 5.75 Å². The quantitative estimate of drug-likeness (QED) is 0.324. The van der Waals surface area contributed by atoms with Crippen molar-refractivity contribution >= 4 is 11.9 Å². The molecule has 0 amide bonds. The first kappa shape index (κ1) is 21.0. The van der Waals surface area contributed by atoms with Gasteiger partial charge in [0.1, 0.15) is 5.75 Å². The third kappa shape index (κ3) is 5.56. The van der Waals surface area contributed by atoms with Crippen LogP contribution in [0.2, 0.25) is 0 Å². The Labute approximate surface area is 163 Å². The number of phenols is 1. The van der Waals surface area contributed by atoms with Crippen LogP contribution in [0, 0.1) is 27.7 Å². The van der Waals surface area contributed by atoms with Crippen LogP contribution in [0.3, 0.4) is 0 Å². The first-order valence-corrected chi connectivity index (χ1v) is 9.96. The zero-order chi connectivity index (χ0) is 20.0. The van der Waals surface area contributed by atoms with Crippen LogP contribution in [-0.2, 0) is 6.42 Å². The van der Waals surface area contributed by atoms with E-state index in [2.05, 4.69) is 20.8 Å². The monoisotopic (exact) mass is 364 g/mol. The number of aromatic hydroxyl groups is 1. The molecule has 2 heteroatoms. The lowest BCUT2D eigenvalue weighted by molar-refractivity contribution is 0.104. The number of allylic oxidation sites excluding steroid dienone is 1. The summed E-state index contributed by atoms with van der Waals surface area (Å²) < 4.78 is 0. The first-order valence-electron chi connectivity index (χ1n) is 9.96. The van der Waals surface area contributed by atoms with E-state index in [0.717, 1.165) is 28.7 Å². The lowest BCUT2D eigenvalue weighted by Gasteiger charge is -2.12. The molecule has 1 N–H and O–H groups in total.